The number of para-hydroxylation sites is 1. The fourth-order valence-corrected chi connectivity index (χ4v) is 4.10. The van der Waals surface area contributed by atoms with Gasteiger partial charge in [-0.15, -0.1) is 0 Å². The molecule has 1 aromatic heterocycles. The standard InChI is InChI=1S/C13H13N3O4S/c17-13(18)10-8-14-15-12(10)21(19,20)16-7-3-5-9-4-1-2-6-11(9)16/h1-2,4,6,8H,3,5,7H2,(H,14,15)(H,17,18). The molecule has 2 heterocycles. The second-order valence-corrected chi connectivity index (χ2v) is 6.53. The van der Waals surface area contributed by atoms with E-state index in [1.165, 1.54) is 4.31 Å². The van der Waals surface area contributed by atoms with E-state index in [0.29, 0.717) is 18.7 Å². The fraction of sp³-hybridized carbons (Fsp3) is 0.231. The lowest BCUT2D eigenvalue weighted by Crippen LogP contribution is -2.36. The van der Waals surface area contributed by atoms with Crippen molar-refractivity contribution in [1.29, 1.82) is 0 Å². The zero-order chi connectivity index (χ0) is 15.0. The van der Waals surface area contributed by atoms with E-state index in [-0.39, 0.29) is 10.6 Å². The lowest BCUT2D eigenvalue weighted by atomic mass is 10.0. The van der Waals surface area contributed by atoms with E-state index < -0.39 is 16.0 Å². The fourth-order valence-electron chi connectivity index (χ4n) is 2.48. The number of aromatic nitrogens is 2. The van der Waals surface area contributed by atoms with E-state index in [1.807, 2.05) is 12.1 Å². The highest BCUT2D eigenvalue weighted by molar-refractivity contribution is 7.92. The Hall–Kier alpha value is -2.35. The first kappa shape index (κ1) is 13.6. The van der Waals surface area contributed by atoms with Gasteiger partial charge in [0, 0.05) is 6.54 Å². The molecule has 21 heavy (non-hydrogen) atoms. The highest BCUT2D eigenvalue weighted by atomic mass is 32.2. The molecule has 0 radical (unpaired) electrons. The molecule has 0 spiro atoms. The maximum Gasteiger partial charge on any atom is 0.340 e. The van der Waals surface area contributed by atoms with Gasteiger partial charge in [-0.3, -0.25) is 9.40 Å². The van der Waals surface area contributed by atoms with Gasteiger partial charge in [0.05, 0.1) is 11.9 Å². The molecule has 1 aliphatic heterocycles. The van der Waals surface area contributed by atoms with Crippen molar-refractivity contribution in [2.45, 2.75) is 17.9 Å². The Bertz CT molecular complexity index is 797. The maximum atomic E-state index is 12.7. The molecule has 0 aliphatic carbocycles. The molecule has 1 aliphatic rings. The zero-order valence-electron chi connectivity index (χ0n) is 11.0. The molecular weight excluding hydrogens is 294 g/mol. The Kier molecular flexibility index (Phi) is 3.17. The summed E-state index contributed by atoms with van der Waals surface area (Å²) in [5.74, 6) is -1.33. The lowest BCUT2D eigenvalue weighted by molar-refractivity contribution is 0.0692. The molecule has 0 unspecified atom stereocenters. The molecule has 0 atom stereocenters. The van der Waals surface area contributed by atoms with E-state index in [9.17, 15) is 13.2 Å². The first-order valence-electron chi connectivity index (χ1n) is 6.39. The van der Waals surface area contributed by atoms with Gasteiger partial charge in [0.25, 0.3) is 10.0 Å². The Morgan fingerprint density at radius 3 is 2.86 bits per heavy atom. The third-order valence-corrected chi connectivity index (χ3v) is 5.24. The number of H-pyrrole nitrogens is 1. The Labute approximate surface area is 121 Å². The van der Waals surface area contributed by atoms with Crippen LogP contribution in [-0.2, 0) is 16.4 Å². The van der Waals surface area contributed by atoms with Crippen LogP contribution in [-0.4, -0.2) is 36.2 Å². The summed E-state index contributed by atoms with van der Waals surface area (Å²) in [7, 11) is -3.97. The van der Waals surface area contributed by atoms with Crippen LogP contribution in [0.4, 0.5) is 5.69 Å². The molecule has 0 amide bonds. The Morgan fingerprint density at radius 1 is 1.33 bits per heavy atom. The number of carboxylic acids is 1. The predicted octanol–water partition coefficient (Wildman–Crippen LogP) is 1.25. The molecule has 0 bridgehead atoms. The molecule has 2 aromatic rings. The summed E-state index contributed by atoms with van der Waals surface area (Å²) in [5, 5.41) is 14.5. The van der Waals surface area contributed by atoms with Gasteiger partial charge in [0.1, 0.15) is 5.56 Å². The summed E-state index contributed by atoms with van der Waals surface area (Å²) in [4.78, 5) is 11.1. The van der Waals surface area contributed by atoms with Gasteiger partial charge in [-0.2, -0.15) is 13.5 Å². The number of nitrogens with zero attached hydrogens (tertiary/aromatic N) is 2. The van der Waals surface area contributed by atoms with Gasteiger partial charge in [-0.1, -0.05) is 18.2 Å². The molecule has 0 fully saturated rings. The summed E-state index contributed by atoms with van der Waals surface area (Å²) in [6.45, 7) is 0.317. The van der Waals surface area contributed by atoms with Gasteiger partial charge < -0.3 is 5.11 Å². The zero-order valence-corrected chi connectivity index (χ0v) is 11.8. The number of aromatic amines is 1. The third-order valence-electron chi connectivity index (χ3n) is 3.45. The number of fused-ring (bicyclic) bond motifs is 1. The molecule has 8 heteroatoms. The summed E-state index contributed by atoms with van der Waals surface area (Å²) in [5.41, 5.74) is 1.18. The van der Waals surface area contributed by atoms with E-state index >= 15 is 0 Å². The SMILES string of the molecule is O=C(O)c1cn[nH]c1S(=O)(=O)N1CCCc2ccccc21. The second-order valence-electron chi connectivity index (χ2n) is 4.73. The highest BCUT2D eigenvalue weighted by Gasteiger charge is 2.33. The lowest BCUT2D eigenvalue weighted by Gasteiger charge is -2.29. The molecule has 0 saturated carbocycles. The van der Waals surface area contributed by atoms with Gasteiger partial charge in [-0.25, -0.2) is 4.79 Å². The summed E-state index contributed by atoms with van der Waals surface area (Å²) in [6.07, 6.45) is 2.49. The number of sulfonamides is 1. The smallest absolute Gasteiger partial charge is 0.340 e. The number of nitrogens with one attached hydrogen (secondary N) is 1. The highest BCUT2D eigenvalue weighted by Crippen LogP contribution is 2.31. The average molecular weight is 307 g/mol. The first-order valence-corrected chi connectivity index (χ1v) is 7.83. The number of aromatic carboxylic acids is 1. The van der Waals surface area contributed by atoms with Crippen molar-refractivity contribution in [2.75, 3.05) is 10.8 Å². The van der Waals surface area contributed by atoms with Crippen molar-refractivity contribution in [2.24, 2.45) is 0 Å². The summed E-state index contributed by atoms with van der Waals surface area (Å²) < 4.78 is 26.7. The topological polar surface area (TPSA) is 103 Å². The molecule has 7 nitrogen and oxygen atoms in total. The number of anilines is 1. The number of benzene rings is 1. The van der Waals surface area contributed by atoms with Crippen LogP contribution in [0.3, 0.4) is 0 Å². The quantitative estimate of drug-likeness (QED) is 0.888. The van der Waals surface area contributed by atoms with Crippen molar-refractivity contribution in [3.8, 4) is 0 Å². The molecule has 1 aromatic carbocycles. The van der Waals surface area contributed by atoms with Gasteiger partial charge in [-0.05, 0) is 24.5 Å². The van der Waals surface area contributed by atoms with Crippen LogP contribution in [0.1, 0.15) is 22.3 Å². The summed E-state index contributed by atoms with van der Waals surface area (Å²) in [6, 6.07) is 7.22. The number of aryl methyl sites for hydroxylation is 1. The molecule has 110 valence electrons. The second kappa shape index (κ2) is 4.88. The van der Waals surface area contributed by atoms with Crippen LogP contribution in [0.2, 0.25) is 0 Å². The van der Waals surface area contributed by atoms with E-state index in [1.54, 1.807) is 12.1 Å². The third kappa shape index (κ3) is 2.17. The van der Waals surface area contributed by atoms with E-state index in [2.05, 4.69) is 10.2 Å². The molecule has 2 N–H and O–H groups in total. The van der Waals surface area contributed by atoms with Crippen LogP contribution in [0.25, 0.3) is 0 Å². The maximum absolute atomic E-state index is 12.7. The van der Waals surface area contributed by atoms with Gasteiger partial charge >= 0.3 is 5.97 Å². The number of hydrogen-bond donors (Lipinski definition) is 2. The Balaban J connectivity index is 2.12. The monoisotopic (exact) mass is 307 g/mol. The van der Waals surface area contributed by atoms with Crippen LogP contribution in [0.15, 0.2) is 35.5 Å². The summed E-state index contributed by atoms with van der Waals surface area (Å²) >= 11 is 0. The average Bonchev–Trinajstić information content (AvgIpc) is 2.97. The van der Waals surface area contributed by atoms with Gasteiger partial charge in [0.2, 0.25) is 0 Å². The molecule has 0 saturated heterocycles. The van der Waals surface area contributed by atoms with Crippen LogP contribution >= 0.6 is 0 Å². The number of hydrogen-bond acceptors (Lipinski definition) is 4. The van der Waals surface area contributed by atoms with Gasteiger partial charge in [0.15, 0.2) is 5.03 Å². The number of carbonyl (C=O) groups is 1. The first-order chi connectivity index (χ1) is 10.0. The van der Waals surface area contributed by atoms with Crippen LogP contribution in [0, 0.1) is 0 Å². The molecular formula is C13H13N3O4S. The van der Waals surface area contributed by atoms with Crippen molar-refractivity contribution in [3.05, 3.63) is 41.6 Å². The van der Waals surface area contributed by atoms with Crippen molar-refractivity contribution >= 4 is 21.7 Å². The minimum Gasteiger partial charge on any atom is -0.478 e. The van der Waals surface area contributed by atoms with Crippen LogP contribution < -0.4 is 4.31 Å². The van der Waals surface area contributed by atoms with Crippen molar-refractivity contribution in [3.63, 3.8) is 0 Å². The molecule has 3 rings (SSSR count). The Morgan fingerprint density at radius 2 is 2.10 bits per heavy atom. The predicted molar refractivity (Wildman–Crippen MR) is 74.8 cm³/mol. The van der Waals surface area contributed by atoms with Crippen molar-refractivity contribution in [1.82, 2.24) is 10.2 Å². The largest absolute Gasteiger partial charge is 0.478 e. The van der Waals surface area contributed by atoms with Crippen LogP contribution in [0.5, 0.6) is 0 Å². The number of rotatable bonds is 3. The normalized spacial score (nSPS) is 14.8. The minimum absolute atomic E-state index is 0.317. The van der Waals surface area contributed by atoms with E-state index in [4.69, 9.17) is 5.11 Å². The number of carboxylic acid groups (broad SMARTS) is 1. The minimum atomic E-state index is -3.97. The van der Waals surface area contributed by atoms with Crippen molar-refractivity contribution < 1.29 is 18.3 Å². The van der Waals surface area contributed by atoms with E-state index in [0.717, 1.165) is 18.2 Å².